The lowest BCUT2D eigenvalue weighted by Crippen LogP contribution is -2.04. The lowest BCUT2D eigenvalue weighted by atomic mass is 10.1. The normalized spacial score (nSPS) is 12.7. The van der Waals surface area contributed by atoms with Crippen LogP contribution in [0.3, 0.4) is 0 Å². The Labute approximate surface area is 114 Å². The Morgan fingerprint density at radius 3 is 2.21 bits per heavy atom. The van der Waals surface area contributed by atoms with Gasteiger partial charge in [0.1, 0.15) is 12.9 Å². The summed E-state index contributed by atoms with van der Waals surface area (Å²) in [6.07, 6.45) is 4.01. The summed E-state index contributed by atoms with van der Waals surface area (Å²) in [5.41, 5.74) is 2.27. The number of benzene rings is 2. The molecule has 2 nitrogen and oxygen atoms in total. The minimum Gasteiger partial charge on any atom is -0.359 e. The van der Waals surface area contributed by atoms with Crippen LogP contribution in [0.15, 0.2) is 66.7 Å². The van der Waals surface area contributed by atoms with E-state index in [0.717, 1.165) is 11.1 Å². The van der Waals surface area contributed by atoms with Gasteiger partial charge in [-0.25, -0.2) is 0 Å². The summed E-state index contributed by atoms with van der Waals surface area (Å²) < 4.78 is 10.7. The van der Waals surface area contributed by atoms with Crippen molar-refractivity contribution in [1.29, 1.82) is 0 Å². The standard InChI is InChI=1S/C17H18O2/c1-18-14-19-17(16-10-6-3-7-11-16)13-12-15-8-4-2-5-9-15/h2-13,17H,14H2,1H3/b13-12+/t17-/m0/s1. The van der Waals surface area contributed by atoms with E-state index in [1.807, 2.05) is 42.5 Å². The molecular weight excluding hydrogens is 236 g/mol. The molecule has 2 aromatic carbocycles. The van der Waals surface area contributed by atoms with E-state index in [-0.39, 0.29) is 12.9 Å². The van der Waals surface area contributed by atoms with E-state index in [0.29, 0.717) is 0 Å². The van der Waals surface area contributed by atoms with Gasteiger partial charge in [-0.1, -0.05) is 72.8 Å². The van der Waals surface area contributed by atoms with Crippen molar-refractivity contribution in [3.05, 3.63) is 77.9 Å². The molecule has 0 saturated carbocycles. The minimum atomic E-state index is -0.0960. The number of rotatable bonds is 6. The van der Waals surface area contributed by atoms with Crippen molar-refractivity contribution in [3.8, 4) is 0 Å². The van der Waals surface area contributed by atoms with Gasteiger partial charge in [-0.05, 0) is 11.1 Å². The minimum absolute atomic E-state index is 0.0960. The van der Waals surface area contributed by atoms with Crippen molar-refractivity contribution < 1.29 is 9.47 Å². The molecule has 0 unspecified atom stereocenters. The zero-order chi connectivity index (χ0) is 13.3. The summed E-state index contributed by atoms with van der Waals surface area (Å²) in [6.45, 7) is 0.276. The van der Waals surface area contributed by atoms with Crippen molar-refractivity contribution in [2.45, 2.75) is 6.10 Å². The van der Waals surface area contributed by atoms with Gasteiger partial charge in [-0.3, -0.25) is 0 Å². The van der Waals surface area contributed by atoms with Crippen LogP contribution in [0, 0.1) is 0 Å². The van der Waals surface area contributed by atoms with Gasteiger partial charge in [0.2, 0.25) is 0 Å². The fourth-order valence-electron chi connectivity index (χ4n) is 1.81. The lowest BCUT2D eigenvalue weighted by Gasteiger charge is -2.13. The Morgan fingerprint density at radius 1 is 0.947 bits per heavy atom. The Kier molecular flexibility index (Phi) is 5.35. The van der Waals surface area contributed by atoms with Crippen molar-refractivity contribution in [2.24, 2.45) is 0 Å². The fraction of sp³-hybridized carbons (Fsp3) is 0.176. The molecule has 2 aromatic rings. The number of methoxy groups -OCH3 is 1. The fourth-order valence-corrected chi connectivity index (χ4v) is 1.81. The molecule has 0 bridgehead atoms. The predicted molar refractivity (Wildman–Crippen MR) is 77.6 cm³/mol. The molecule has 98 valence electrons. The first-order chi connectivity index (χ1) is 9.40. The van der Waals surface area contributed by atoms with E-state index in [2.05, 4.69) is 30.3 Å². The second-order valence-corrected chi connectivity index (χ2v) is 4.17. The maximum absolute atomic E-state index is 5.69. The van der Waals surface area contributed by atoms with Gasteiger partial charge < -0.3 is 9.47 Å². The molecule has 0 fully saturated rings. The van der Waals surface area contributed by atoms with Crippen LogP contribution in [-0.2, 0) is 9.47 Å². The Morgan fingerprint density at radius 2 is 1.58 bits per heavy atom. The molecule has 0 saturated heterocycles. The Balaban J connectivity index is 2.12. The summed E-state index contributed by atoms with van der Waals surface area (Å²) in [7, 11) is 1.63. The number of hydrogen-bond acceptors (Lipinski definition) is 2. The Hall–Kier alpha value is -1.90. The monoisotopic (exact) mass is 254 g/mol. The van der Waals surface area contributed by atoms with Gasteiger partial charge in [-0.2, -0.15) is 0 Å². The summed E-state index contributed by atoms with van der Waals surface area (Å²) in [6, 6.07) is 20.3. The smallest absolute Gasteiger partial charge is 0.147 e. The van der Waals surface area contributed by atoms with Gasteiger partial charge in [-0.15, -0.1) is 0 Å². The van der Waals surface area contributed by atoms with Crippen LogP contribution in [0.25, 0.3) is 6.08 Å². The first-order valence-electron chi connectivity index (χ1n) is 6.29. The third-order valence-electron chi connectivity index (χ3n) is 2.76. The van der Waals surface area contributed by atoms with E-state index in [1.165, 1.54) is 0 Å². The third-order valence-corrected chi connectivity index (χ3v) is 2.76. The van der Waals surface area contributed by atoms with Gasteiger partial charge in [0.05, 0.1) is 0 Å². The van der Waals surface area contributed by atoms with Gasteiger partial charge in [0.15, 0.2) is 0 Å². The zero-order valence-electron chi connectivity index (χ0n) is 11.0. The highest BCUT2D eigenvalue weighted by molar-refractivity contribution is 5.50. The third kappa shape index (κ3) is 4.36. The summed E-state index contributed by atoms with van der Waals surface area (Å²) in [5, 5.41) is 0. The molecule has 2 heteroatoms. The van der Waals surface area contributed by atoms with Crippen LogP contribution in [0.2, 0.25) is 0 Å². The summed E-state index contributed by atoms with van der Waals surface area (Å²) in [5.74, 6) is 0. The van der Waals surface area contributed by atoms with Gasteiger partial charge >= 0.3 is 0 Å². The first-order valence-corrected chi connectivity index (χ1v) is 6.29. The molecule has 0 amide bonds. The quantitative estimate of drug-likeness (QED) is 0.724. The van der Waals surface area contributed by atoms with Crippen LogP contribution in [-0.4, -0.2) is 13.9 Å². The zero-order valence-corrected chi connectivity index (χ0v) is 11.0. The molecule has 0 aliphatic rings. The Bertz CT molecular complexity index is 491. The molecule has 0 aliphatic carbocycles. The second kappa shape index (κ2) is 7.52. The van der Waals surface area contributed by atoms with E-state index in [4.69, 9.17) is 9.47 Å². The maximum atomic E-state index is 5.69. The van der Waals surface area contributed by atoms with Crippen LogP contribution >= 0.6 is 0 Å². The average Bonchev–Trinajstić information content (AvgIpc) is 2.49. The van der Waals surface area contributed by atoms with Gasteiger partial charge in [0, 0.05) is 7.11 Å². The molecular formula is C17H18O2. The number of ether oxygens (including phenoxy) is 2. The van der Waals surface area contributed by atoms with Crippen LogP contribution in [0.1, 0.15) is 17.2 Å². The molecule has 0 aromatic heterocycles. The number of hydrogen-bond donors (Lipinski definition) is 0. The first kappa shape index (κ1) is 13.5. The van der Waals surface area contributed by atoms with E-state index in [1.54, 1.807) is 7.11 Å². The second-order valence-electron chi connectivity index (χ2n) is 4.17. The topological polar surface area (TPSA) is 18.5 Å². The largest absolute Gasteiger partial charge is 0.359 e. The summed E-state index contributed by atoms with van der Waals surface area (Å²) >= 11 is 0. The molecule has 0 aliphatic heterocycles. The molecule has 1 atom stereocenters. The van der Waals surface area contributed by atoms with Crippen molar-refractivity contribution in [3.63, 3.8) is 0 Å². The van der Waals surface area contributed by atoms with Crippen molar-refractivity contribution >= 4 is 6.08 Å². The molecule has 0 spiro atoms. The molecule has 0 heterocycles. The highest BCUT2D eigenvalue weighted by Crippen LogP contribution is 2.20. The molecule has 2 rings (SSSR count). The van der Waals surface area contributed by atoms with Gasteiger partial charge in [0.25, 0.3) is 0 Å². The highest BCUT2D eigenvalue weighted by atomic mass is 16.7. The van der Waals surface area contributed by atoms with Crippen LogP contribution in [0.5, 0.6) is 0 Å². The van der Waals surface area contributed by atoms with E-state index < -0.39 is 0 Å². The lowest BCUT2D eigenvalue weighted by molar-refractivity contribution is -0.0564. The SMILES string of the molecule is COCO[C@@H](/C=C/c1ccccc1)c1ccccc1. The molecule has 19 heavy (non-hydrogen) atoms. The summed E-state index contributed by atoms with van der Waals surface area (Å²) in [4.78, 5) is 0. The van der Waals surface area contributed by atoms with Crippen LogP contribution < -0.4 is 0 Å². The maximum Gasteiger partial charge on any atom is 0.147 e. The van der Waals surface area contributed by atoms with E-state index >= 15 is 0 Å². The van der Waals surface area contributed by atoms with Crippen molar-refractivity contribution in [2.75, 3.05) is 13.9 Å². The highest BCUT2D eigenvalue weighted by Gasteiger charge is 2.07. The predicted octanol–water partition coefficient (Wildman–Crippen LogP) is 4.06. The van der Waals surface area contributed by atoms with E-state index in [9.17, 15) is 0 Å². The van der Waals surface area contributed by atoms with Crippen molar-refractivity contribution in [1.82, 2.24) is 0 Å². The molecule has 0 N–H and O–H groups in total. The van der Waals surface area contributed by atoms with Crippen LogP contribution in [0.4, 0.5) is 0 Å². The average molecular weight is 254 g/mol. The molecule has 0 radical (unpaired) electrons.